The summed E-state index contributed by atoms with van der Waals surface area (Å²) in [7, 11) is 0. The molecule has 0 radical (unpaired) electrons. The van der Waals surface area contributed by atoms with Crippen LogP contribution in [0, 0.1) is 0 Å². The first kappa shape index (κ1) is 9.74. The molecular weight excluding hydrogens is 216 g/mol. The zero-order chi connectivity index (χ0) is 9.97. The van der Waals surface area contributed by atoms with Gasteiger partial charge in [-0.3, -0.25) is 4.99 Å². The van der Waals surface area contributed by atoms with Crippen LogP contribution in [0.15, 0.2) is 39.1 Å². The molecule has 0 aromatic heterocycles. The molecule has 0 aliphatic carbocycles. The predicted octanol–water partition coefficient (Wildman–Crippen LogP) is 2.81. The first-order valence-corrected chi connectivity index (χ1v) is 5.82. The van der Waals surface area contributed by atoms with Crippen molar-refractivity contribution in [2.24, 2.45) is 9.98 Å². The number of halogens is 1. The molecule has 1 aliphatic heterocycles. The maximum absolute atomic E-state index is 5.75. The van der Waals surface area contributed by atoms with Crippen molar-refractivity contribution in [1.29, 1.82) is 0 Å². The van der Waals surface area contributed by atoms with E-state index in [2.05, 4.69) is 28.4 Å². The number of thioether (sulfide) groups is 1. The highest BCUT2D eigenvalue weighted by atomic mass is 35.5. The average Bonchev–Trinajstić information content (AvgIpc) is 2.65. The van der Waals surface area contributed by atoms with Gasteiger partial charge in [-0.2, -0.15) is 0 Å². The van der Waals surface area contributed by atoms with Crippen molar-refractivity contribution in [3.63, 3.8) is 0 Å². The van der Waals surface area contributed by atoms with Gasteiger partial charge in [0.15, 0.2) is 5.84 Å². The largest absolute Gasteiger partial charge is 0.259 e. The fourth-order valence-electron chi connectivity index (χ4n) is 1.22. The summed E-state index contributed by atoms with van der Waals surface area (Å²) in [5, 5.41) is 0.564. The Hall–Kier alpha value is -0.800. The number of benzene rings is 1. The van der Waals surface area contributed by atoms with Crippen LogP contribution >= 0.6 is 23.4 Å². The van der Waals surface area contributed by atoms with E-state index in [1.54, 1.807) is 11.8 Å². The van der Waals surface area contributed by atoms with Crippen molar-refractivity contribution >= 4 is 34.4 Å². The Labute approximate surface area is 92.1 Å². The Balaban J connectivity index is 2.26. The molecule has 0 spiro atoms. The normalized spacial score (nSPS) is 15.3. The standard InChI is InChI=1S/C10H9ClN2S/c1-14-8-4-2-7(3-5-8)10-12-6-9(11)13-10/h2-5H,6H2,1H3. The van der Waals surface area contributed by atoms with Crippen LogP contribution in [0.1, 0.15) is 5.56 Å². The SMILES string of the molecule is CSc1ccc(C2=NCC(Cl)=N2)cc1. The summed E-state index contributed by atoms with van der Waals surface area (Å²) in [6.07, 6.45) is 2.05. The third-order valence-electron chi connectivity index (χ3n) is 1.93. The van der Waals surface area contributed by atoms with E-state index in [0.29, 0.717) is 11.7 Å². The van der Waals surface area contributed by atoms with Gasteiger partial charge in [0.25, 0.3) is 0 Å². The topological polar surface area (TPSA) is 24.7 Å². The summed E-state index contributed by atoms with van der Waals surface area (Å²) < 4.78 is 0. The first-order valence-electron chi connectivity index (χ1n) is 4.21. The summed E-state index contributed by atoms with van der Waals surface area (Å²) in [6, 6.07) is 8.15. The highest BCUT2D eigenvalue weighted by Gasteiger charge is 2.09. The van der Waals surface area contributed by atoms with E-state index in [9.17, 15) is 0 Å². The third kappa shape index (κ3) is 1.99. The number of aliphatic imine (C=N–C) groups is 2. The summed E-state index contributed by atoms with van der Waals surface area (Å²) in [5.41, 5.74) is 1.03. The second-order valence-electron chi connectivity index (χ2n) is 2.86. The molecule has 0 saturated carbocycles. The van der Waals surface area contributed by atoms with Crippen molar-refractivity contribution < 1.29 is 0 Å². The smallest absolute Gasteiger partial charge is 0.156 e. The molecule has 0 N–H and O–H groups in total. The maximum atomic E-state index is 5.75. The second kappa shape index (κ2) is 4.15. The van der Waals surface area contributed by atoms with Crippen molar-refractivity contribution in [2.75, 3.05) is 12.8 Å². The third-order valence-corrected chi connectivity index (χ3v) is 2.88. The Morgan fingerprint density at radius 3 is 2.50 bits per heavy atom. The van der Waals surface area contributed by atoms with Gasteiger partial charge in [0, 0.05) is 10.5 Å². The molecule has 1 aliphatic rings. The van der Waals surface area contributed by atoms with Gasteiger partial charge in [0.1, 0.15) is 5.17 Å². The molecule has 4 heteroatoms. The van der Waals surface area contributed by atoms with Gasteiger partial charge in [-0.25, -0.2) is 4.99 Å². The van der Waals surface area contributed by atoms with E-state index in [0.717, 1.165) is 11.4 Å². The van der Waals surface area contributed by atoms with E-state index in [1.165, 1.54) is 4.90 Å². The Kier molecular flexibility index (Phi) is 2.89. The lowest BCUT2D eigenvalue weighted by molar-refractivity contribution is 1.34. The number of nitrogens with zero attached hydrogens (tertiary/aromatic N) is 2. The Morgan fingerprint density at radius 2 is 2.00 bits per heavy atom. The van der Waals surface area contributed by atoms with Crippen LogP contribution in [0.4, 0.5) is 0 Å². The zero-order valence-corrected chi connectivity index (χ0v) is 9.27. The van der Waals surface area contributed by atoms with E-state index in [-0.39, 0.29) is 0 Å². The highest BCUT2D eigenvalue weighted by Crippen LogP contribution is 2.16. The minimum Gasteiger partial charge on any atom is -0.259 e. The van der Waals surface area contributed by atoms with Gasteiger partial charge in [-0.15, -0.1) is 11.8 Å². The van der Waals surface area contributed by atoms with E-state index >= 15 is 0 Å². The molecule has 72 valence electrons. The fraction of sp³-hybridized carbons (Fsp3) is 0.200. The van der Waals surface area contributed by atoms with Gasteiger partial charge in [-0.05, 0) is 18.4 Å². The number of amidine groups is 1. The van der Waals surface area contributed by atoms with Gasteiger partial charge in [0.05, 0.1) is 6.54 Å². The molecule has 1 aromatic rings. The second-order valence-corrected chi connectivity index (χ2v) is 4.17. The van der Waals surface area contributed by atoms with Crippen LogP contribution in [-0.4, -0.2) is 23.8 Å². The van der Waals surface area contributed by atoms with Gasteiger partial charge >= 0.3 is 0 Å². The van der Waals surface area contributed by atoms with Gasteiger partial charge in [0.2, 0.25) is 0 Å². The van der Waals surface area contributed by atoms with Crippen LogP contribution in [0.3, 0.4) is 0 Å². The molecule has 0 unspecified atom stereocenters. The fourth-order valence-corrected chi connectivity index (χ4v) is 1.77. The molecule has 1 heterocycles. The lowest BCUT2D eigenvalue weighted by Gasteiger charge is -1.99. The van der Waals surface area contributed by atoms with Crippen LogP contribution in [0.5, 0.6) is 0 Å². The van der Waals surface area contributed by atoms with Crippen molar-refractivity contribution in [2.45, 2.75) is 4.90 Å². The van der Waals surface area contributed by atoms with Crippen molar-refractivity contribution in [1.82, 2.24) is 0 Å². The molecule has 2 nitrogen and oxygen atoms in total. The molecule has 0 amide bonds. The minimum absolute atomic E-state index is 0.515. The van der Waals surface area contributed by atoms with E-state index in [1.807, 2.05) is 12.1 Å². The zero-order valence-electron chi connectivity index (χ0n) is 7.70. The van der Waals surface area contributed by atoms with Crippen LogP contribution in [0.25, 0.3) is 0 Å². The van der Waals surface area contributed by atoms with E-state index in [4.69, 9.17) is 11.6 Å². The molecule has 2 rings (SSSR count). The van der Waals surface area contributed by atoms with Gasteiger partial charge in [-0.1, -0.05) is 23.7 Å². The maximum Gasteiger partial charge on any atom is 0.156 e. The number of hydrogen-bond acceptors (Lipinski definition) is 3. The molecule has 0 fully saturated rings. The summed E-state index contributed by atoms with van der Waals surface area (Å²) >= 11 is 7.47. The predicted molar refractivity (Wildman–Crippen MR) is 62.9 cm³/mol. The molecular formula is C10H9ClN2S. The average molecular weight is 225 g/mol. The van der Waals surface area contributed by atoms with Gasteiger partial charge < -0.3 is 0 Å². The first-order chi connectivity index (χ1) is 6.79. The van der Waals surface area contributed by atoms with Crippen LogP contribution in [0.2, 0.25) is 0 Å². The van der Waals surface area contributed by atoms with E-state index < -0.39 is 0 Å². The Morgan fingerprint density at radius 1 is 1.29 bits per heavy atom. The lowest BCUT2D eigenvalue weighted by atomic mass is 10.2. The summed E-state index contributed by atoms with van der Waals surface area (Å²) in [6.45, 7) is 0.515. The molecule has 0 saturated heterocycles. The lowest BCUT2D eigenvalue weighted by Crippen LogP contribution is -1.93. The minimum atomic E-state index is 0.515. The summed E-state index contributed by atoms with van der Waals surface area (Å²) in [4.78, 5) is 9.59. The molecule has 0 bridgehead atoms. The number of hydrogen-bond donors (Lipinski definition) is 0. The van der Waals surface area contributed by atoms with Crippen molar-refractivity contribution in [3.05, 3.63) is 29.8 Å². The molecule has 14 heavy (non-hydrogen) atoms. The Bertz CT molecular complexity index is 395. The molecule has 0 atom stereocenters. The monoisotopic (exact) mass is 224 g/mol. The van der Waals surface area contributed by atoms with Crippen LogP contribution < -0.4 is 0 Å². The number of rotatable bonds is 2. The highest BCUT2D eigenvalue weighted by molar-refractivity contribution is 7.98. The molecule has 1 aromatic carbocycles. The van der Waals surface area contributed by atoms with Crippen LogP contribution in [-0.2, 0) is 0 Å². The quantitative estimate of drug-likeness (QED) is 0.709. The summed E-state index contributed by atoms with van der Waals surface area (Å²) in [5.74, 6) is 0.739. The van der Waals surface area contributed by atoms with Crippen molar-refractivity contribution in [3.8, 4) is 0 Å².